The maximum absolute atomic E-state index is 11.2. The molecule has 0 radical (unpaired) electrons. The summed E-state index contributed by atoms with van der Waals surface area (Å²) in [5.74, 6) is -0.643. The van der Waals surface area contributed by atoms with Crippen molar-refractivity contribution in [2.24, 2.45) is 5.41 Å². The van der Waals surface area contributed by atoms with Crippen LogP contribution in [0, 0.1) is 5.41 Å². The first kappa shape index (κ1) is 14.4. The van der Waals surface area contributed by atoms with E-state index in [1.54, 1.807) is 13.8 Å². The molecule has 2 N–H and O–H groups in total. The zero-order chi connectivity index (χ0) is 14.2. The fourth-order valence-electron chi connectivity index (χ4n) is 2.59. The van der Waals surface area contributed by atoms with Crippen molar-refractivity contribution < 1.29 is 15.0 Å². The number of phenols is 1. The first-order valence-corrected chi connectivity index (χ1v) is 7.37. The first-order chi connectivity index (χ1) is 8.83. The van der Waals surface area contributed by atoms with Gasteiger partial charge < -0.3 is 10.2 Å². The average Bonchev–Trinajstić information content (AvgIpc) is 2.35. The number of aliphatic carboxylic acids is 1. The van der Waals surface area contributed by atoms with E-state index >= 15 is 0 Å². The summed E-state index contributed by atoms with van der Waals surface area (Å²) in [6.07, 6.45) is 4.62. The van der Waals surface area contributed by atoms with Crippen molar-refractivity contribution in [3.05, 3.63) is 27.2 Å². The van der Waals surface area contributed by atoms with Crippen LogP contribution in [-0.2, 0) is 24.1 Å². The van der Waals surface area contributed by atoms with E-state index in [9.17, 15) is 15.0 Å². The van der Waals surface area contributed by atoms with Crippen LogP contribution >= 0.6 is 15.9 Å². The van der Waals surface area contributed by atoms with Gasteiger partial charge in [-0.2, -0.15) is 0 Å². The second-order valence-electron chi connectivity index (χ2n) is 5.91. The third kappa shape index (κ3) is 2.78. The SMILES string of the molecule is CC(C)(Cc1cc2c(c(Br)c1O)CCCC2)C(=O)O. The molecule has 0 unspecified atom stereocenters. The van der Waals surface area contributed by atoms with Gasteiger partial charge in [-0.25, -0.2) is 0 Å². The molecule has 0 amide bonds. The molecular weight excluding hydrogens is 308 g/mol. The Hall–Kier alpha value is -1.03. The number of carboxylic acids is 1. The Morgan fingerprint density at radius 3 is 2.63 bits per heavy atom. The van der Waals surface area contributed by atoms with E-state index in [4.69, 9.17) is 0 Å². The number of carboxylic acid groups (broad SMARTS) is 1. The molecule has 104 valence electrons. The number of benzene rings is 1. The highest BCUT2D eigenvalue weighted by Gasteiger charge is 2.30. The number of phenolic OH excluding ortho intramolecular Hbond substituents is 1. The summed E-state index contributed by atoms with van der Waals surface area (Å²) >= 11 is 3.46. The highest BCUT2D eigenvalue weighted by atomic mass is 79.9. The van der Waals surface area contributed by atoms with Crippen molar-refractivity contribution in [1.82, 2.24) is 0 Å². The van der Waals surface area contributed by atoms with E-state index in [0.717, 1.165) is 35.7 Å². The lowest BCUT2D eigenvalue weighted by Crippen LogP contribution is -2.26. The third-order valence-corrected chi connectivity index (χ3v) is 4.70. The Balaban J connectivity index is 2.42. The fourth-order valence-corrected chi connectivity index (χ4v) is 3.30. The van der Waals surface area contributed by atoms with Crippen LogP contribution in [0.15, 0.2) is 10.5 Å². The standard InChI is InChI=1S/C15H19BrO3/c1-15(2,14(18)19)8-10-7-9-5-3-4-6-11(9)12(16)13(10)17/h7,17H,3-6,8H2,1-2H3,(H,18,19). The topological polar surface area (TPSA) is 57.5 Å². The number of aryl methyl sites for hydroxylation is 1. The Morgan fingerprint density at radius 1 is 1.37 bits per heavy atom. The van der Waals surface area contributed by atoms with Crippen LogP contribution in [0.3, 0.4) is 0 Å². The fraction of sp³-hybridized carbons (Fsp3) is 0.533. The highest BCUT2D eigenvalue weighted by molar-refractivity contribution is 9.10. The summed E-state index contributed by atoms with van der Waals surface area (Å²) in [7, 11) is 0. The largest absolute Gasteiger partial charge is 0.506 e. The van der Waals surface area contributed by atoms with Gasteiger partial charge in [0.05, 0.1) is 9.89 Å². The molecule has 0 saturated carbocycles. The summed E-state index contributed by atoms with van der Waals surface area (Å²) < 4.78 is 0.751. The number of aromatic hydroxyl groups is 1. The van der Waals surface area contributed by atoms with Gasteiger partial charge in [0, 0.05) is 0 Å². The zero-order valence-electron chi connectivity index (χ0n) is 11.3. The summed E-state index contributed by atoms with van der Waals surface area (Å²) in [4.78, 5) is 11.2. The highest BCUT2D eigenvalue weighted by Crippen LogP contribution is 2.39. The summed E-state index contributed by atoms with van der Waals surface area (Å²) in [6.45, 7) is 3.37. The maximum Gasteiger partial charge on any atom is 0.309 e. The Kier molecular flexibility index (Phi) is 3.90. The molecular formula is C15H19BrO3. The van der Waals surface area contributed by atoms with E-state index < -0.39 is 11.4 Å². The van der Waals surface area contributed by atoms with Gasteiger partial charge >= 0.3 is 5.97 Å². The Labute approximate surface area is 121 Å². The van der Waals surface area contributed by atoms with Crippen LogP contribution in [0.5, 0.6) is 5.75 Å². The predicted molar refractivity (Wildman–Crippen MR) is 77.6 cm³/mol. The van der Waals surface area contributed by atoms with Gasteiger partial charge in [0.1, 0.15) is 5.75 Å². The molecule has 0 aliphatic heterocycles. The van der Waals surface area contributed by atoms with Crippen molar-refractivity contribution in [2.45, 2.75) is 46.0 Å². The Bertz CT molecular complexity index is 521. The van der Waals surface area contributed by atoms with Gasteiger partial charge in [0.2, 0.25) is 0 Å². The molecule has 0 fully saturated rings. The van der Waals surface area contributed by atoms with Crippen molar-refractivity contribution in [3.8, 4) is 5.75 Å². The minimum Gasteiger partial charge on any atom is -0.506 e. The summed E-state index contributed by atoms with van der Waals surface area (Å²) in [5.41, 5.74) is 2.27. The van der Waals surface area contributed by atoms with Crippen LogP contribution in [0.1, 0.15) is 43.4 Å². The molecule has 19 heavy (non-hydrogen) atoms. The van der Waals surface area contributed by atoms with Crippen LogP contribution in [-0.4, -0.2) is 16.2 Å². The maximum atomic E-state index is 11.2. The van der Waals surface area contributed by atoms with E-state index in [1.165, 1.54) is 11.1 Å². The van der Waals surface area contributed by atoms with Crippen LogP contribution in [0.25, 0.3) is 0 Å². The lowest BCUT2D eigenvalue weighted by Gasteiger charge is -2.24. The zero-order valence-corrected chi connectivity index (χ0v) is 12.9. The number of hydrogen-bond donors (Lipinski definition) is 2. The van der Waals surface area contributed by atoms with E-state index in [0.29, 0.717) is 6.42 Å². The van der Waals surface area contributed by atoms with Crippen LogP contribution in [0.4, 0.5) is 0 Å². The molecule has 4 heteroatoms. The number of carbonyl (C=O) groups is 1. The molecule has 0 saturated heterocycles. The quantitative estimate of drug-likeness (QED) is 0.890. The van der Waals surface area contributed by atoms with Crippen LogP contribution in [0.2, 0.25) is 0 Å². The second-order valence-corrected chi connectivity index (χ2v) is 6.70. The van der Waals surface area contributed by atoms with Gasteiger partial charge in [-0.3, -0.25) is 4.79 Å². The minimum atomic E-state index is -0.875. The van der Waals surface area contributed by atoms with E-state index in [1.807, 2.05) is 6.07 Å². The molecule has 0 aromatic heterocycles. The van der Waals surface area contributed by atoms with Gasteiger partial charge in [-0.15, -0.1) is 0 Å². The van der Waals surface area contributed by atoms with Gasteiger partial charge in [-0.1, -0.05) is 6.07 Å². The number of fused-ring (bicyclic) bond motifs is 1. The smallest absolute Gasteiger partial charge is 0.309 e. The molecule has 0 bridgehead atoms. The minimum absolute atomic E-state index is 0.204. The van der Waals surface area contributed by atoms with Crippen molar-refractivity contribution in [3.63, 3.8) is 0 Å². The number of halogens is 1. The van der Waals surface area contributed by atoms with Crippen LogP contribution < -0.4 is 0 Å². The lowest BCUT2D eigenvalue weighted by atomic mass is 9.82. The van der Waals surface area contributed by atoms with Crippen molar-refractivity contribution in [2.75, 3.05) is 0 Å². The van der Waals surface area contributed by atoms with Crippen molar-refractivity contribution >= 4 is 21.9 Å². The van der Waals surface area contributed by atoms with E-state index in [2.05, 4.69) is 15.9 Å². The Morgan fingerprint density at radius 2 is 2.00 bits per heavy atom. The van der Waals surface area contributed by atoms with Gasteiger partial charge in [-0.05, 0) is 78.6 Å². The molecule has 2 rings (SSSR count). The molecule has 0 atom stereocenters. The molecule has 1 aromatic rings. The van der Waals surface area contributed by atoms with E-state index in [-0.39, 0.29) is 5.75 Å². The predicted octanol–water partition coefficient (Wildman–Crippen LogP) is 3.69. The normalized spacial score (nSPS) is 15.1. The molecule has 1 aliphatic rings. The summed E-state index contributed by atoms with van der Waals surface area (Å²) in [5, 5.41) is 19.5. The van der Waals surface area contributed by atoms with Gasteiger partial charge in [0.25, 0.3) is 0 Å². The first-order valence-electron chi connectivity index (χ1n) is 6.58. The number of hydrogen-bond acceptors (Lipinski definition) is 2. The third-order valence-electron chi connectivity index (χ3n) is 3.85. The molecule has 1 aromatic carbocycles. The molecule has 3 nitrogen and oxygen atoms in total. The monoisotopic (exact) mass is 326 g/mol. The van der Waals surface area contributed by atoms with Gasteiger partial charge in [0.15, 0.2) is 0 Å². The second kappa shape index (κ2) is 5.16. The number of rotatable bonds is 3. The molecule has 1 aliphatic carbocycles. The molecule has 0 spiro atoms. The average molecular weight is 327 g/mol. The molecule has 0 heterocycles. The summed E-state index contributed by atoms with van der Waals surface area (Å²) in [6, 6.07) is 1.99. The van der Waals surface area contributed by atoms with Crippen molar-refractivity contribution in [1.29, 1.82) is 0 Å². The lowest BCUT2D eigenvalue weighted by molar-refractivity contribution is -0.146.